The number of benzene rings is 2. The van der Waals surface area contributed by atoms with Gasteiger partial charge in [0.15, 0.2) is 5.03 Å². The first-order valence-corrected chi connectivity index (χ1v) is 11.8. The number of fused-ring (bicyclic) bond motifs is 1. The number of amides is 1. The van der Waals surface area contributed by atoms with Crippen molar-refractivity contribution in [1.82, 2.24) is 9.71 Å². The zero-order valence-corrected chi connectivity index (χ0v) is 19.1. The number of aryl methyl sites for hydroxylation is 3. The highest BCUT2D eigenvalue weighted by atomic mass is 32.2. The molecule has 2 aromatic carbocycles. The molecule has 1 aliphatic rings. The molecule has 1 atom stereocenters. The van der Waals surface area contributed by atoms with Gasteiger partial charge in [-0.15, -0.1) is 0 Å². The number of nitrogens with zero attached hydrogens (tertiary/aromatic N) is 2. The molecule has 1 amide bonds. The predicted octanol–water partition coefficient (Wildman–Crippen LogP) is 3.03. The van der Waals surface area contributed by atoms with E-state index in [9.17, 15) is 13.2 Å². The van der Waals surface area contributed by atoms with Crippen LogP contribution in [0.1, 0.15) is 27.8 Å². The van der Waals surface area contributed by atoms with Gasteiger partial charge < -0.3 is 10.6 Å². The number of anilines is 2. The van der Waals surface area contributed by atoms with E-state index in [4.69, 9.17) is 5.73 Å². The van der Waals surface area contributed by atoms with Crippen LogP contribution < -0.4 is 15.4 Å². The van der Waals surface area contributed by atoms with E-state index < -0.39 is 22.0 Å². The molecular formula is C24H26N4O3S. The summed E-state index contributed by atoms with van der Waals surface area (Å²) in [6.45, 7) is 6.68. The summed E-state index contributed by atoms with van der Waals surface area (Å²) in [6.07, 6.45) is 0.422. The fourth-order valence-electron chi connectivity index (χ4n) is 4.34. The van der Waals surface area contributed by atoms with Gasteiger partial charge in [0.25, 0.3) is 15.9 Å². The minimum absolute atomic E-state index is 0.0699. The number of carbonyl (C=O) groups is 1. The Bertz CT molecular complexity index is 1280. The molecule has 0 spiro atoms. The van der Waals surface area contributed by atoms with Crippen LogP contribution in [-0.4, -0.2) is 25.4 Å². The molecule has 32 heavy (non-hydrogen) atoms. The van der Waals surface area contributed by atoms with Crippen LogP contribution in [0, 0.1) is 20.8 Å². The van der Waals surface area contributed by atoms with Crippen LogP contribution in [0.3, 0.4) is 0 Å². The van der Waals surface area contributed by atoms with Crippen molar-refractivity contribution in [3.8, 4) is 0 Å². The Labute approximate surface area is 188 Å². The summed E-state index contributed by atoms with van der Waals surface area (Å²) in [7, 11) is -4.14. The van der Waals surface area contributed by atoms with E-state index in [1.54, 1.807) is 0 Å². The van der Waals surface area contributed by atoms with Crippen molar-refractivity contribution in [2.24, 2.45) is 0 Å². The van der Waals surface area contributed by atoms with Crippen LogP contribution in [-0.2, 0) is 27.8 Å². The molecule has 0 fully saturated rings. The number of nitrogens with one attached hydrogen (secondary N) is 1. The monoisotopic (exact) mass is 450 g/mol. The van der Waals surface area contributed by atoms with Gasteiger partial charge in [0.05, 0.1) is 0 Å². The highest BCUT2D eigenvalue weighted by molar-refractivity contribution is 7.90. The molecule has 0 bridgehead atoms. The van der Waals surface area contributed by atoms with E-state index in [1.807, 2.05) is 29.2 Å². The van der Waals surface area contributed by atoms with Gasteiger partial charge in [-0.1, -0.05) is 42.0 Å². The molecule has 3 N–H and O–H groups in total. The van der Waals surface area contributed by atoms with Gasteiger partial charge in [0.1, 0.15) is 11.9 Å². The average Bonchev–Trinajstić information content (AvgIpc) is 3.09. The number of rotatable bonds is 5. The maximum atomic E-state index is 13.2. The lowest BCUT2D eigenvalue weighted by molar-refractivity contribution is -0.120. The zero-order chi connectivity index (χ0) is 23.0. The predicted molar refractivity (Wildman–Crippen MR) is 125 cm³/mol. The van der Waals surface area contributed by atoms with Crippen molar-refractivity contribution in [3.05, 3.63) is 82.4 Å². The Morgan fingerprint density at radius 2 is 1.78 bits per heavy atom. The normalized spacial score (nSPS) is 15.5. The molecule has 166 valence electrons. The maximum Gasteiger partial charge on any atom is 0.281 e. The molecule has 0 radical (unpaired) electrons. The number of pyridine rings is 1. The van der Waals surface area contributed by atoms with Crippen molar-refractivity contribution in [3.63, 3.8) is 0 Å². The molecule has 1 aromatic heterocycles. The zero-order valence-electron chi connectivity index (χ0n) is 18.3. The van der Waals surface area contributed by atoms with Crippen LogP contribution in [0.15, 0.2) is 59.6 Å². The summed E-state index contributed by atoms with van der Waals surface area (Å²) < 4.78 is 27.7. The van der Waals surface area contributed by atoms with Crippen molar-refractivity contribution in [1.29, 1.82) is 0 Å². The summed E-state index contributed by atoms with van der Waals surface area (Å²) in [5, 5.41) is -0.280. The van der Waals surface area contributed by atoms with E-state index in [0.29, 0.717) is 13.0 Å². The number of sulfonamides is 1. The molecular weight excluding hydrogens is 424 g/mol. The SMILES string of the molecule is Cc1cc(C)c(CN2c3ccccc3C[C@@H]2C(=O)NS(=O)(=O)c2cccc(N)n2)c(C)c1. The molecule has 3 aromatic rings. The Kier molecular flexibility index (Phi) is 5.64. The first-order chi connectivity index (χ1) is 15.2. The number of nitrogen functional groups attached to an aromatic ring is 1. The number of nitrogens with two attached hydrogens (primary N) is 1. The van der Waals surface area contributed by atoms with Crippen LogP contribution in [0.2, 0.25) is 0 Å². The van der Waals surface area contributed by atoms with Gasteiger partial charge >= 0.3 is 0 Å². The van der Waals surface area contributed by atoms with Gasteiger partial charge in [-0.3, -0.25) is 4.79 Å². The first-order valence-electron chi connectivity index (χ1n) is 10.4. The highest BCUT2D eigenvalue weighted by Gasteiger charge is 2.36. The Morgan fingerprint density at radius 1 is 1.09 bits per heavy atom. The number of para-hydroxylation sites is 1. The molecule has 0 saturated heterocycles. The Balaban J connectivity index is 1.66. The standard InChI is InChI=1S/C24H26N4O3S/c1-15-11-16(2)19(17(3)12-15)14-28-20-8-5-4-7-18(20)13-21(28)24(29)27-32(30,31)23-10-6-9-22(25)26-23/h4-12,21H,13-14H2,1-3H3,(H2,25,26)(H,27,29)/t21-/m1/s1. The highest BCUT2D eigenvalue weighted by Crippen LogP contribution is 2.34. The summed E-state index contributed by atoms with van der Waals surface area (Å²) in [4.78, 5) is 19.0. The maximum absolute atomic E-state index is 13.2. The summed E-state index contributed by atoms with van der Waals surface area (Å²) >= 11 is 0. The van der Waals surface area contributed by atoms with E-state index in [-0.39, 0.29) is 10.8 Å². The second-order valence-electron chi connectivity index (χ2n) is 8.22. The molecule has 7 nitrogen and oxygen atoms in total. The number of aromatic nitrogens is 1. The number of hydrogen-bond acceptors (Lipinski definition) is 6. The number of hydrogen-bond donors (Lipinski definition) is 2. The largest absolute Gasteiger partial charge is 0.384 e. The summed E-state index contributed by atoms with van der Waals surface area (Å²) in [5.41, 5.74) is 12.2. The van der Waals surface area contributed by atoms with Gasteiger partial charge in [-0.2, -0.15) is 8.42 Å². The van der Waals surface area contributed by atoms with E-state index in [2.05, 4.69) is 42.6 Å². The lowest BCUT2D eigenvalue weighted by atomic mass is 9.99. The van der Waals surface area contributed by atoms with Crippen LogP contribution in [0.5, 0.6) is 0 Å². The van der Waals surface area contributed by atoms with Crippen molar-refractivity contribution >= 4 is 27.4 Å². The molecule has 0 saturated carbocycles. The summed E-state index contributed by atoms with van der Waals surface area (Å²) in [6, 6.07) is 15.7. The van der Waals surface area contributed by atoms with Crippen LogP contribution in [0.4, 0.5) is 11.5 Å². The molecule has 1 aliphatic heterocycles. The summed E-state index contributed by atoms with van der Waals surface area (Å²) in [5.74, 6) is -0.520. The van der Waals surface area contributed by atoms with Gasteiger partial charge in [-0.25, -0.2) is 9.71 Å². The second kappa shape index (κ2) is 8.27. The lowest BCUT2D eigenvalue weighted by Crippen LogP contribution is -2.47. The molecule has 2 heterocycles. The molecule has 0 aliphatic carbocycles. The third-order valence-electron chi connectivity index (χ3n) is 5.82. The molecule has 4 rings (SSSR count). The van der Waals surface area contributed by atoms with Gasteiger partial charge in [0, 0.05) is 18.7 Å². The van der Waals surface area contributed by atoms with Crippen LogP contribution in [0.25, 0.3) is 0 Å². The fraction of sp³-hybridized carbons (Fsp3) is 0.250. The Morgan fingerprint density at radius 3 is 2.47 bits per heavy atom. The van der Waals surface area contributed by atoms with E-state index in [0.717, 1.165) is 27.9 Å². The van der Waals surface area contributed by atoms with Crippen LogP contribution >= 0.6 is 0 Å². The second-order valence-corrected chi connectivity index (χ2v) is 9.85. The first kappa shape index (κ1) is 21.8. The van der Waals surface area contributed by atoms with Crippen molar-refractivity contribution in [2.45, 2.75) is 44.8 Å². The van der Waals surface area contributed by atoms with Gasteiger partial charge in [0.2, 0.25) is 0 Å². The third kappa shape index (κ3) is 4.18. The minimum atomic E-state index is -4.14. The van der Waals surface area contributed by atoms with E-state index in [1.165, 1.54) is 23.8 Å². The fourth-order valence-corrected chi connectivity index (χ4v) is 5.33. The molecule has 8 heteroatoms. The van der Waals surface area contributed by atoms with Crippen molar-refractivity contribution in [2.75, 3.05) is 10.6 Å². The average molecular weight is 451 g/mol. The number of carbonyl (C=O) groups excluding carboxylic acids is 1. The quantitative estimate of drug-likeness (QED) is 0.619. The smallest absolute Gasteiger partial charge is 0.281 e. The van der Waals surface area contributed by atoms with E-state index >= 15 is 0 Å². The van der Waals surface area contributed by atoms with Gasteiger partial charge in [-0.05, 0) is 61.2 Å². The third-order valence-corrected chi connectivity index (χ3v) is 7.07. The molecule has 0 unspecified atom stereocenters. The topological polar surface area (TPSA) is 105 Å². The Hall–Kier alpha value is -3.39. The van der Waals surface area contributed by atoms with Crippen molar-refractivity contribution < 1.29 is 13.2 Å². The lowest BCUT2D eigenvalue weighted by Gasteiger charge is -2.28. The minimum Gasteiger partial charge on any atom is -0.384 e.